The number of pyridine rings is 1. The lowest BCUT2D eigenvalue weighted by atomic mass is 10.1. The molecule has 0 aliphatic rings. The molecule has 84 valence electrons. The molecule has 0 bridgehead atoms. The standard InChI is InChI=1S/C12H12BrNO2/c1-3-7-6-9(15)11-10(16-2)5-4-8(13)12(11)14-7/h4-6H,3H2,1-2H3,(H,14,15). The second kappa shape index (κ2) is 4.29. The van der Waals surface area contributed by atoms with Crippen LogP contribution in [0.2, 0.25) is 0 Å². The first kappa shape index (κ1) is 11.2. The number of nitrogens with one attached hydrogen (secondary N) is 1. The summed E-state index contributed by atoms with van der Waals surface area (Å²) in [6.45, 7) is 2.01. The van der Waals surface area contributed by atoms with Crippen molar-refractivity contribution >= 4 is 26.8 Å². The number of benzene rings is 1. The third-order valence-corrected chi connectivity index (χ3v) is 3.22. The number of ether oxygens (including phenoxy) is 1. The highest BCUT2D eigenvalue weighted by Crippen LogP contribution is 2.27. The third-order valence-electron chi connectivity index (χ3n) is 2.55. The Kier molecular flexibility index (Phi) is 3.01. The monoisotopic (exact) mass is 281 g/mol. The fraction of sp³-hybridized carbons (Fsp3) is 0.250. The zero-order valence-corrected chi connectivity index (χ0v) is 10.7. The van der Waals surface area contributed by atoms with Gasteiger partial charge in [-0.3, -0.25) is 4.79 Å². The molecule has 1 aromatic carbocycles. The van der Waals surface area contributed by atoms with Gasteiger partial charge in [0.25, 0.3) is 0 Å². The second-order valence-electron chi connectivity index (χ2n) is 3.51. The largest absolute Gasteiger partial charge is 0.496 e. The Morgan fingerprint density at radius 2 is 2.19 bits per heavy atom. The molecule has 0 amide bonds. The smallest absolute Gasteiger partial charge is 0.193 e. The van der Waals surface area contributed by atoms with E-state index < -0.39 is 0 Å². The number of H-pyrrole nitrogens is 1. The minimum Gasteiger partial charge on any atom is -0.496 e. The van der Waals surface area contributed by atoms with Crippen molar-refractivity contribution in [1.82, 2.24) is 4.98 Å². The van der Waals surface area contributed by atoms with Crippen molar-refractivity contribution in [2.75, 3.05) is 7.11 Å². The molecule has 2 rings (SSSR count). The van der Waals surface area contributed by atoms with Crippen LogP contribution in [0.15, 0.2) is 27.5 Å². The fourth-order valence-electron chi connectivity index (χ4n) is 1.71. The van der Waals surface area contributed by atoms with E-state index in [1.54, 1.807) is 19.2 Å². The molecule has 0 spiro atoms. The van der Waals surface area contributed by atoms with Gasteiger partial charge in [0.05, 0.1) is 18.0 Å². The molecular weight excluding hydrogens is 270 g/mol. The van der Waals surface area contributed by atoms with Crippen LogP contribution in [0.4, 0.5) is 0 Å². The number of rotatable bonds is 2. The highest BCUT2D eigenvalue weighted by molar-refractivity contribution is 9.10. The lowest BCUT2D eigenvalue weighted by molar-refractivity contribution is 0.419. The molecule has 0 aliphatic carbocycles. The lowest BCUT2D eigenvalue weighted by Gasteiger charge is -2.08. The van der Waals surface area contributed by atoms with Gasteiger partial charge in [-0.25, -0.2) is 0 Å². The molecule has 1 aromatic heterocycles. The van der Waals surface area contributed by atoms with Gasteiger partial charge in [0.2, 0.25) is 0 Å². The SMILES string of the molecule is CCc1cc(=O)c2c(OC)ccc(Br)c2[nH]1. The average molecular weight is 282 g/mol. The van der Waals surface area contributed by atoms with Crippen molar-refractivity contribution in [2.45, 2.75) is 13.3 Å². The minimum absolute atomic E-state index is 0.0104. The van der Waals surface area contributed by atoms with E-state index in [2.05, 4.69) is 20.9 Å². The molecule has 3 nitrogen and oxygen atoms in total. The molecule has 0 fully saturated rings. The van der Waals surface area contributed by atoms with E-state index in [9.17, 15) is 4.79 Å². The van der Waals surface area contributed by atoms with Gasteiger partial charge in [-0.05, 0) is 34.5 Å². The van der Waals surface area contributed by atoms with Crippen molar-refractivity contribution in [3.63, 3.8) is 0 Å². The van der Waals surface area contributed by atoms with E-state index in [1.807, 2.05) is 13.0 Å². The molecule has 0 atom stereocenters. The molecule has 0 radical (unpaired) electrons. The Hall–Kier alpha value is -1.29. The number of aromatic nitrogens is 1. The molecule has 0 unspecified atom stereocenters. The zero-order chi connectivity index (χ0) is 11.7. The highest BCUT2D eigenvalue weighted by atomic mass is 79.9. The number of fused-ring (bicyclic) bond motifs is 1. The number of hydrogen-bond acceptors (Lipinski definition) is 2. The van der Waals surface area contributed by atoms with Crippen LogP contribution in [0.25, 0.3) is 10.9 Å². The van der Waals surface area contributed by atoms with Gasteiger partial charge in [-0.15, -0.1) is 0 Å². The summed E-state index contributed by atoms with van der Waals surface area (Å²) >= 11 is 3.43. The Morgan fingerprint density at radius 3 is 2.81 bits per heavy atom. The molecule has 0 saturated carbocycles. The molecule has 0 saturated heterocycles. The van der Waals surface area contributed by atoms with E-state index in [0.29, 0.717) is 11.1 Å². The minimum atomic E-state index is -0.0104. The Labute approximate surface area is 102 Å². The van der Waals surface area contributed by atoms with Crippen molar-refractivity contribution in [2.24, 2.45) is 0 Å². The molecular formula is C12H12BrNO2. The van der Waals surface area contributed by atoms with E-state index in [0.717, 1.165) is 22.1 Å². The molecule has 16 heavy (non-hydrogen) atoms. The number of methoxy groups -OCH3 is 1. The van der Waals surface area contributed by atoms with Crippen LogP contribution in [0.3, 0.4) is 0 Å². The Bertz CT molecular complexity index is 589. The molecule has 4 heteroatoms. The number of hydrogen-bond donors (Lipinski definition) is 1. The summed E-state index contributed by atoms with van der Waals surface area (Å²) < 4.78 is 6.07. The lowest BCUT2D eigenvalue weighted by Crippen LogP contribution is -2.06. The third kappa shape index (κ3) is 1.73. The van der Waals surface area contributed by atoms with Crippen molar-refractivity contribution < 1.29 is 4.74 Å². The summed E-state index contributed by atoms with van der Waals surface area (Å²) in [6, 6.07) is 5.28. The summed E-state index contributed by atoms with van der Waals surface area (Å²) in [5.74, 6) is 0.599. The summed E-state index contributed by atoms with van der Waals surface area (Å²) in [5.41, 5.74) is 1.71. The zero-order valence-electron chi connectivity index (χ0n) is 9.13. The van der Waals surface area contributed by atoms with Gasteiger partial charge in [0.1, 0.15) is 5.75 Å². The number of halogens is 1. The van der Waals surface area contributed by atoms with Crippen molar-refractivity contribution in [3.8, 4) is 5.75 Å². The number of aryl methyl sites for hydroxylation is 1. The topological polar surface area (TPSA) is 42.1 Å². The average Bonchev–Trinajstić information content (AvgIpc) is 2.30. The second-order valence-corrected chi connectivity index (χ2v) is 4.37. The van der Waals surface area contributed by atoms with Crippen LogP contribution in [0.1, 0.15) is 12.6 Å². The maximum Gasteiger partial charge on any atom is 0.193 e. The molecule has 0 aliphatic heterocycles. The predicted octanol–water partition coefficient (Wildman–Crippen LogP) is 2.86. The maximum absolute atomic E-state index is 12.0. The van der Waals surface area contributed by atoms with Gasteiger partial charge in [0.15, 0.2) is 5.43 Å². The van der Waals surface area contributed by atoms with Crippen LogP contribution in [-0.4, -0.2) is 12.1 Å². The normalized spacial score (nSPS) is 10.7. The summed E-state index contributed by atoms with van der Waals surface area (Å²) in [6.07, 6.45) is 0.800. The summed E-state index contributed by atoms with van der Waals surface area (Å²) in [7, 11) is 1.57. The van der Waals surface area contributed by atoms with E-state index in [1.165, 1.54) is 0 Å². The predicted molar refractivity (Wildman–Crippen MR) is 68.2 cm³/mol. The highest BCUT2D eigenvalue weighted by Gasteiger charge is 2.09. The van der Waals surface area contributed by atoms with Gasteiger partial charge in [0, 0.05) is 16.2 Å². The van der Waals surface area contributed by atoms with Crippen LogP contribution in [0.5, 0.6) is 5.75 Å². The summed E-state index contributed by atoms with van der Waals surface area (Å²) in [5, 5.41) is 0.592. The van der Waals surface area contributed by atoms with Gasteiger partial charge in [-0.2, -0.15) is 0 Å². The Morgan fingerprint density at radius 1 is 1.44 bits per heavy atom. The molecule has 1 N–H and O–H groups in total. The van der Waals surface area contributed by atoms with Crippen molar-refractivity contribution in [3.05, 3.63) is 38.6 Å². The molecule has 1 heterocycles. The maximum atomic E-state index is 12.0. The fourth-order valence-corrected chi connectivity index (χ4v) is 2.14. The van der Waals surface area contributed by atoms with Gasteiger partial charge < -0.3 is 9.72 Å². The van der Waals surface area contributed by atoms with Gasteiger partial charge >= 0.3 is 0 Å². The van der Waals surface area contributed by atoms with E-state index in [-0.39, 0.29) is 5.43 Å². The molecule has 2 aromatic rings. The van der Waals surface area contributed by atoms with E-state index in [4.69, 9.17) is 4.74 Å². The Balaban J connectivity index is 2.92. The first-order valence-electron chi connectivity index (χ1n) is 5.05. The first-order valence-corrected chi connectivity index (χ1v) is 5.85. The van der Waals surface area contributed by atoms with Crippen molar-refractivity contribution in [1.29, 1.82) is 0 Å². The van der Waals surface area contributed by atoms with Crippen LogP contribution in [-0.2, 0) is 6.42 Å². The first-order chi connectivity index (χ1) is 7.67. The van der Waals surface area contributed by atoms with Crippen LogP contribution < -0.4 is 10.2 Å². The van der Waals surface area contributed by atoms with Crippen LogP contribution in [0, 0.1) is 0 Å². The summed E-state index contributed by atoms with van der Waals surface area (Å²) in [4.78, 5) is 15.2. The quantitative estimate of drug-likeness (QED) is 0.920. The van der Waals surface area contributed by atoms with E-state index >= 15 is 0 Å². The van der Waals surface area contributed by atoms with Crippen LogP contribution >= 0.6 is 15.9 Å². The number of aromatic amines is 1. The van der Waals surface area contributed by atoms with Gasteiger partial charge in [-0.1, -0.05) is 6.92 Å².